The van der Waals surface area contributed by atoms with Gasteiger partial charge >= 0.3 is 0 Å². The van der Waals surface area contributed by atoms with Crippen LogP contribution in [0.5, 0.6) is 5.75 Å². The first-order chi connectivity index (χ1) is 12.4. The number of nitrogens with two attached hydrogens (primary N) is 1. The van der Waals surface area contributed by atoms with Crippen LogP contribution in [0, 0.1) is 0 Å². The molecule has 0 saturated carbocycles. The summed E-state index contributed by atoms with van der Waals surface area (Å²) in [6.07, 6.45) is 3.14. The fourth-order valence-electron chi connectivity index (χ4n) is 3.19. The highest BCUT2D eigenvalue weighted by Crippen LogP contribution is 2.28. The molecule has 1 aliphatic heterocycles. The zero-order valence-corrected chi connectivity index (χ0v) is 15.2. The van der Waals surface area contributed by atoms with Gasteiger partial charge in [-0.2, -0.15) is 0 Å². The molecule has 1 saturated heterocycles. The number of hydrogen-bond acceptors (Lipinski definition) is 5. The Morgan fingerprint density at radius 3 is 2.69 bits per heavy atom. The summed E-state index contributed by atoms with van der Waals surface area (Å²) >= 11 is 0. The lowest BCUT2D eigenvalue weighted by Crippen LogP contribution is -2.45. The predicted molar refractivity (Wildman–Crippen MR) is 99.0 cm³/mol. The van der Waals surface area contributed by atoms with Crippen LogP contribution in [0.2, 0.25) is 0 Å². The van der Waals surface area contributed by atoms with Crippen LogP contribution in [0.1, 0.15) is 32.6 Å². The number of nitrogens with one attached hydrogen (secondary N) is 2. The first kappa shape index (κ1) is 19.7. The van der Waals surface area contributed by atoms with Gasteiger partial charge in [-0.05, 0) is 37.6 Å². The number of anilines is 2. The molecule has 0 aromatic heterocycles. The van der Waals surface area contributed by atoms with Gasteiger partial charge in [0.15, 0.2) is 0 Å². The Morgan fingerprint density at radius 2 is 2.04 bits per heavy atom. The molecule has 0 spiro atoms. The van der Waals surface area contributed by atoms with Crippen molar-refractivity contribution in [2.24, 2.45) is 5.73 Å². The smallest absolute Gasteiger partial charge is 0.238 e. The van der Waals surface area contributed by atoms with Gasteiger partial charge in [0, 0.05) is 25.1 Å². The summed E-state index contributed by atoms with van der Waals surface area (Å²) < 4.78 is 5.27. The SMILES string of the molecule is COc1ccc(NC(C)=O)cc1NC(=O)CN1CCCCC1CC(N)=O. The maximum atomic E-state index is 12.5. The van der Waals surface area contributed by atoms with Gasteiger partial charge in [0.2, 0.25) is 17.7 Å². The molecule has 1 atom stereocenters. The molecule has 1 aromatic carbocycles. The van der Waals surface area contributed by atoms with E-state index in [4.69, 9.17) is 10.5 Å². The number of rotatable bonds is 7. The van der Waals surface area contributed by atoms with Crippen LogP contribution < -0.4 is 21.1 Å². The van der Waals surface area contributed by atoms with Gasteiger partial charge in [-0.15, -0.1) is 0 Å². The number of piperidine rings is 1. The quantitative estimate of drug-likeness (QED) is 0.677. The first-order valence-corrected chi connectivity index (χ1v) is 8.67. The highest BCUT2D eigenvalue weighted by atomic mass is 16.5. The lowest BCUT2D eigenvalue weighted by Gasteiger charge is -2.34. The molecule has 8 heteroatoms. The Hall–Kier alpha value is -2.61. The van der Waals surface area contributed by atoms with Gasteiger partial charge in [-0.1, -0.05) is 6.42 Å². The third-order valence-electron chi connectivity index (χ3n) is 4.33. The van der Waals surface area contributed by atoms with Crippen LogP contribution in [-0.4, -0.2) is 48.9 Å². The van der Waals surface area contributed by atoms with E-state index in [0.717, 1.165) is 25.8 Å². The van der Waals surface area contributed by atoms with Crippen LogP contribution in [0.25, 0.3) is 0 Å². The van der Waals surface area contributed by atoms with Gasteiger partial charge in [0.05, 0.1) is 19.3 Å². The lowest BCUT2D eigenvalue weighted by atomic mass is 9.99. The fourth-order valence-corrected chi connectivity index (χ4v) is 3.19. The summed E-state index contributed by atoms with van der Waals surface area (Å²) in [6, 6.07) is 5.02. The molecule has 0 bridgehead atoms. The van der Waals surface area contributed by atoms with E-state index in [9.17, 15) is 14.4 Å². The van der Waals surface area contributed by atoms with E-state index < -0.39 is 0 Å². The van der Waals surface area contributed by atoms with E-state index in [2.05, 4.69) is 10.6 Å². The minimum atomic E-state index is -0.355. The molecular formula is C18H26N4O4. The largest absolute Gasteiger partial charge is 0.495 e. The topological polar surface area (TPSA) is 114 Å². The number of carbonyl (C=O) groups excluding carboxylic acids is 3. The molecule has 142 valence electrons. The van der Waals surface area contributed by atoms with Crippen molar-refractivity contribution in [1.29, 1.82) is 0 Å². The van der Waals surface area contributed by atoms with Crippen LogP contribution in [-0.2, 0) is 14.4 Å². The van der Waals surface area contributed by atoms with E-state index in [1.54, 1.807) is 18.2 Å². The molecular weight excluding hydrogens is 336 g/mol. The second-order valence-electron chi connectivity index (χ2n) is 6.43. The number of primary amides is 1. The Kier molecular flexibility index (Phi) is 6.97. The third kappa shape index (κ3) is 5.73. The Bertz CT molecular complexity index is 677. The van der Waals surface area contributed by atoms with Crippen molar-refractivity contribution in [3.63, 3.8) is 0 Å². The number of methoxy groups -OCH3 is 1. The van der Waals surface area contributed by atoms with Gasteiger partial charge in [0.1, 0.15) is 5.75 Å². The molecule has 1 aliphatic rings. The van der Waals surface area contributed by atoms with Crippen molar-refractivity contribution < 1.29 is 19.1 Å². The number of ether oxygens (including phenoxy) is 1. The van der Waals surface area contributed by atoms with Crippen LogP contribution in [0.4, 0.5) is 11.4 Å². The highest BCUT2D eigenvalue weighted by molar-refractivity contribution is 5.96. The van der Waals surface area contributed by atoms with E-state index >= 15 is 0 Å². The number of likely N-dealkylation sites (tertiary alicyclic amines) is 1. The van der Waals surface area contributed by atoms with Crippen LogP contribution >= 0.6 is 0 Å². The zero-order valence-electron chi connectivity index (χ0n) is 15.2. The first-order valence-electron chi connectivity index (χ1n) is 8.67. The van der Waals surface area contributed by atoms with E-state index in [-0.39, 0.29) is 36.7 Å². The van der Waals surface area contributed by atoms with Gasteiger partial charge in [-0.25, -0.2) is 0 Å². The summed E-state index contributed by atoms with van der Waals surface area (Å²) in [5.74, 6) is -0.263. The average Bonchev–Trinajstić information content (AvgIpc) is 2.56. The van der Waals surface area contributed by atoms with E-state index in [1.807, 2.05) is 4.90 Å². The number of benzene rings is 1. The molecule has 1 unspecified atom stereocenters. The molecule has 1 aromatic rings. The molecule has 8 nitrogen and oxygen atoms in total. The number of nitrogens with zero attached hydrogens (tertiary/aromatic N) is 1. The average molecular weight is 362 g/mol. The maximum absolute atomic E-state index is 12.5. The van der Waals surface area contributed by atoms with Crippen molar-refractivity contribution >= 4 is 29.1 Å². The van der Waals surface area contributed by atoms with Crippen LogP contribution in [0.15, 0.2) is 18.2 Å². The van der Waals surface area contributed by atoms with Crippen LogP contribution in [0.3, 0.4) is 0 Å². The minimum Gasteiger partial charge on any atom is -0.495 e. The van der Waals surface area contributed by atoms with Crippen molar-refractivity contribution in [3.05, 3.63) is 18.2 Å². The van der Waals surface area contributed by atoms with E-state index in [0.29, 0.717) is 17.1 Å². The Labute approximate surface area is 153 Å². The third-order valence-corrected chi connectivity index (χ3v) is 4.33. The van der Waals surface area contributed by atoms with Crippen molar-refractivity contribution in [1.82, 2.24) is 4.90 Å². The van der Waals surface area contributed by atoms with E-state index in [1.165, 1.54) is 14.0 Å². The Morgan fingerprint density at radius 1 is 1.27 bits per heavy atom. The Balaban J connectivity index is 2.05. The maximum Gasteiger partial charge on any atom is 0.238 e. The number of carbonyl (C=O) groups is 3. The monoisotopic (exact) mass is 362 g/mol. The molecule has 1 heterocycles. The number of hydrogen-bond donors (Lipinski definition) is 3. The fraction of sp³-hybridized carbons (Fsp3) is 0.500. The molecule has 4 N–H and O–H groups in total. The second-order valence-corrected chi connectivity index (χ2v) is 6.43. The van der Waals surface area contributed by atoms with Gasteiger partial charge < -0.3 is 21.1 Å². The number of amides is 3. The zero-order chi connectivity index (χ0) is 19.1. The summed E-state index contributed by atoms with van der Waals surface area (Å²) in [5, 5.41) is 5.50. The summed E-state index contributed by atoms with van der Waals surface area (Å²) in [6.45, 7) is 2.34. The molecule has 26 heavy (non-hydrogen) atoms. The minimum absolute atomic E-state index is 0.000362. The molecule has 0 aliphatic carbocycles. The van der Waals surface area contributed by atoms with Crippen molar-refractivity contribution in [2.45, 2.75) is 38.6 Å². The molecule has 2 rings (SSSR count). The predicted octanol–water partition coefficient (Wildman–Crippen LogP) is 1.32. The second kappa shape index (κ2) is 9.19. The normalized spacial score (nSPS) is 17.4. The van der Waals surface area contributed by atoms with Gasteiger partial charge in [-0.3, -0.25) is 19.3 Å². The van der Waals surface area contributed by atoms with Crippen molar-refractivity contribution in [3.8, 4) is 5.75 Å². The summed E-state index contributed by atoms with van der Waals surface area (Å²) in [5.41, 5.74) is 6.36. The molecule has 1 fully saturated rings. The molecule has 0 radical (unpaired) electrons. The lowest BCUT2D eigenvalue weighted by molar-refractivity contribution is -0.122. The summed E-state index contributed by atoms with van der Waals surface area (Å²) in [4.78, 5) is 37.0. The standard InChI is InChI=1S/C18H26N4O4/c1-12(23)20-13-6-7-16(26-2)15(9-13)21-18(25)11-22-8-4-3-5-14(22)10-17(19)24/h6-7,9,14H,3-5,8,10-11H2,1-2H3,(H2,19,24)(H,20,23)(H,21,25). The molecule has 3 amide bonds. The van der Waals surface area contributed by atoms with Gasteiger partial charge in [0.25, 0.3) is 0 Å². The highest BCUT2D eigenvalue weighted by Gasteiger charge is 2.25. The van der Waals surface area contributed by atoms with Crippen molar-refractivity contribution in [2.75, 3.05) is 30.8 Å². The summed E-state index contributed by atoms with van der Waals surface area (Å²) in [7, 11) is 1.51.